The summed E-state index contributed by atoms with van der Waals surface area (Å²) in [6.45, 7) is 5.67. The molecule has 0 rings (SSSR count). The van der Waals surface area contributed by atoms with Crippen LogP contribution in [0.1, 0.15) is 33.6 Å². The Kier molecular flexibility index (Phi) is 7.29. The molecule has 0 aliphatic rings. The Hall–Kier alpha value is -1.30. The second-order valence-electron chi connectivity index (χ2n) is 4.55. The van der Waals surface area contributed by atoms with Gasteiger partial charge in [0.1, 0.15) is 6.04 Å². The largest absolute Gasteiger partial charge is 0.480 e. The number of carboxylic acid groups (broad SMARTS) is 1. The summed E-state index contributed by atoms with van der Waals surface area (Å²) in [7, 11) is 0. The minimum absolute atomic E-state index is 0.00130. The highest BCUT2D eigenvalue weighted by atomic mass is 16.4. The lowest BCUT2D eigenvalue weighted by atomic mass is 10.1. The highest BCUT2D eigenvalue weighted by molar-refractivity contribution is 5.82. The Morgan fingerprint density at radius 1 is 1.18 bits per heavy atom. The fourth-order valence-corrected chi connectivity index (χ4v) is 1.58. The third-order valence-electron chi connectivity index (χ3n) is 2.22. The van der Waals surface area contributed by atoms with Crippen molar-refractivity contribution in [3.63, 3.8) is 0 Å². The van der Waals surface area contributed by atoms with E-state index in [1.807, 2.05) is 20.8 Å². The van der Waals surface area contributed by atoms with Crippen LogP contribution in [0.25, 0.3) is 0 Å². The van der Waals surface area contributed by atoms with Gasteiger partial charge in [0, 0.05) is 19.1 Å². The molecule has 0 bridgehead atoms. The first-order valence-electron chi connectivity index (χ1n) is 5.77. The number of amides is 2. The van der Waals surface area contributed by atoms with E-state index in [9.17, 15) is 9.59 Å². The molecule has 0 heterocycles. The van der Waals surface area contributed by atoms with E-state index >= 15 is 0 Å². The topological polar surface area (TPSA) is 98.7 Å². The number of carbonyl (C=O) groups excluding carboxylic acids is 1. The molecular formula is C11H22N2O4. The van der Waals surface area contributed by atoms with E-state index in [-0.39, 0.29) is 19.1 Å². The van der Waals surface area contributed by atoms with Gasteiger partial charge in [0.15, 0.2) is 0 Å². The Labute approximate surface area is 101 Å². The molecule has 0 aliphatic carbocycles. The van der Waals surface area contributed by atoms with E-state index in [0.29, 0.717) is 5.92 Å². The summed E-state index contributed by atoms with van der Waals surface area (Å²) in [4.78, 5) is 22.2. The van der Waals surface area contributed by atoms with Gasteiger partial charge in [-0.05, 0) is 19.3 Å². The van der Waals surface area contributed by atoms with Crippen molar-refractivity contribution >= 4 is 12.0 Å². The number of carboxylic acids is 1. The summed E-state index contributed by atoms with van der Waals surface area (Å²) in [6.07, 6.45) is 0.826. The van der Waals surface area contributed by atoms with Gasteiger partial charge in [-0.3, -0.25) is 0 Å². The van der Waals surface area contributed by atoms with E-state index in [2.05, 4.69) is 10.6 Å². The minimum atomic E-state index is -1.15. The zero-order chi connectivity index (χ0) is 13.4. The van der Waals surface area contributed by atoms with Crippen molar-refractivity contribution in [3.8, 4) is 0 Å². The molecule has 2 atom stereocenters. The summed E-state index contributed by atoms with van der Waals surface area (Å²) in [5.41, 5.74) is 0. The Balaban J connectivity index is 4.09. The van der Waals surface area contributed by atoms with Crippen LogP contribution in [-0.4, -0.2) is 40.9 Å². The standard InChI is InChI=1S/C11H22N2O4/c1-7(2)6-8(3)12-11(17)13-9(4-5-14)10(15)16/h7-9,14H,4-6H2,1-3H3,(H,15,16)(H2,12,13,17)/t8?,9-/m1/s1. The molecule has 0 aromatic carbocycles. The third kappa shape index (κ3) is 7.57. The number of urea groups is 1. The summed E-state index contributed by atoms with van der Waals surface area (Å²) in [5, 5.41) is 22.4. The van der Waals surface area contributed by atoms with Gasteiger partial charge in [0.2, 0.25) is 0 Å². The monoisotopic (exact) mass is 246 g/mol. The lowest BCUT2D eigenvalue weighted by Crippen LogP contribution is -2.48. The van der Waals surface area contributed by atoms with Crippen molar-refractivity contribution in [3.05, 3.63) is 0 Å². The average Bonchev–Trinajstić information content (AvgIpc) is 2.14. The number of hydrogen-bond acceptors (Lipinski definition) is 3. The van der Waals surface area contributed by atoms with Crippen LogP contribution in [0, 0.1) is 5.92 Å². The van der Waals surface area contributed by atoms with E-state index in [1.165, 1.54) is 0 Å². The van der Waals surface area contributed by atoms with Gasteiger partial charge >= 0.3 is 12.0 Å². The molecule has 0 spiro atoms. The fraction of sp³-hybridized carbons (Fsp3) is 0.818. The number of aliphatic hydroxyl groups is 1. The van der Waals surface area contributed by atoms with Crippen LogP contribution >= 0.6 is 0 Å². The van der Waals surface area contributed by atoms with Crippen LogP contribution in [0.5, 0.6) is 0 Å². The molecule has 100 valence electrons. The maximum atomic E-state index is 11.5. The van der Waals surface area contributed by atoms with E-state index < -0.39 is 18.0 Å². The first kappa shape index (κ1) is 15.7. The number of nitrogens with one attached hydrogen (secondary N) is 2. The van der Waals surface area contributed by atoms with E-state index in [0.717, 1.165) is 6.42 Å². The first-order chi connectivity index (χ1) is 7.86. The number of aliphatic carboxylic acids is 1. The molecule has 0 radical (unpaired) electrons. The van der Waals surface area contributed by atoms with Crippen molar-refractivity contribution in [2.24, 2.45) is 5.92 Å². The van der Waals surface area contributed by atoms with Gasteiger partial charge in [0.05, 0.1) is 0 Å². The maximum Gasteiger partial charge on any atom is 0.326 e. The molecule has 6 nitrogen and oxygen atoms in total. The van der Waals surface area contributed by atoms with Crippen molar-refractivity contribution in [1.82, 2.24) is 10.6 Å². The number of rotatable bonds is 7. The van der Waals surface area contributed by atoms with Gasteiger partial charge in [-0.2, -0.15) is 0 Å². The van der Waals surface area contributed by atoms with Crippen LogP contribution in [0.2, 0.25) is 0 Å². The number of carbonyl (C=O) groups is 2. The van der Waals surface area contributed by atoms with Gasteiger partial charge in [-0.1, -0.05) is 13.8 Å². The lowest BCUT2D eigenvalue weighted by molar-refractivity contribution is -0.139. The molecule has 0 aromatic heterocycles. The zero-order valence-corrected chi connectivity index (χ0v) is 10.6. The van der Waals surface area contributed by atoms with Gasteiger partial charge in [0.25, 0.3) is 0 Å². The van der Waals surface area contributed by atoms with Crippen LogP contribution < -0.4 is 10.6 Å². The maximum absolute atomic E-state index is 11.5. The summed E-state index contributed by atoms with van der Waals surface area (Å²) < 4.78 is 0. The highest BCUT2D eigenvalue weighted by Gasteiger charge is 2.19. The van der Waals surface area contributed by atoms with Crippen LogP contribution in [0.15, 0.2) is 0 Å². The van der Waals surface area contributed by atoms with Crippen molar-refractivity contribution < 1.29 is 19.8 Å². The normalized spacial score (nSPS) is 14.2. The minimum Gasteiger partial charge on any atom is -0.480 e. The second-order valence-corrected chi connectivity index (χ2v) is 4.55. The van der Waals surface area contributed by atoms with E-state index in [1.54, 1.807) is 0 Å². The molecular weight excluding hydrogens is 224 g/mol. The molecule has 0 fully saturated rings. The Morgan fingerprint density at radius 2 is 1.76 bits per heavy atom. The predicted octanol–water partition coefficient (Wildman–Crippen LogP) is 0.556. The summed E-state index contributed by atoms with van der Waals surface area (Å²) >= 11 is 0. The van der Waals surface area contributed by atoms with Gasteiger partial charge in [-0.25, -0.2) is 9.59 Å². The smallest absolute Gasteiger partial charge is 0.326 e. The molecule has 0 saturated carbocycles. The quantitative estimate of drug-likeness (QED) is 0.527. The number of aliphatic hydroxyl groups excluding tert-OH is 1. The summed E-state index contributed by atoms with van der Waals surface area (Å²) in [5.74, 6) is -0.691. The molecule has 2 amide bonds. The third-order valence-corrected chi connectivity index (χ3v) is 2.22. The van der Waals surface area contributed by atoms with Gasteiger partial charge < -0.3 is 20.8 Å². The SMILES string of the molecule is CC(C)CC(C)NC(=O)N[C@H](CCO)C(=O)O. The Bertz CT molecular complexity index is 256. The van der Waals surface area contributed by atoms with Gasteiger partial charge in [-0.15, -0.1) is 0 Å². The van der Waals surface area contributed by atoms with Crippen molar-refractivity contribution in [2.75, 3.05) is 6.61 Å². The van der Waals surface area contributed by atoms with Crippen molar-refractivity contribution in [1.29, 1.82) is 0 Å². The molecule has 1 unspecified atom stereocenters. The van der Waals surface area contributed by atoms with Crippen LogP contribution in [-0.2, 0) is 4.79 Å². The highest BCUT2D eigenvalue weighted by Crippen LogP contribution is 2.03. The molecule has 4 N–H and O–H groups in total. The first-order valence-corrected chi connectivity index (χ1v) is 5.77. The number of hydrogen-bond donors (Lipinski definition) is 4. The van der Waals surface area contributed by atoms with Crippen molar-refractivity contribution in [2.45, 2.75) is 45.7 Å². The van der Waals surface area contributed by atoms with Crippen LogP contribution in [0.4, 0.5) is 4.79 Å². The summed E-state index contributed by atoms with van der Waals surface area (Å²) in [6, 6.07) is -1.58. The lowest BCUT2D eigenvalue weighted by Gasteiger charge is -2.19. The molecule has 0 aromatic rings. The zero-order valence-electron chi connectivity index (χ0n) is 10.6. The Morgan fingerprint density at radius 3 is 2.18 bits per heavy atom. The second kappa shape index (κ2) is 7.89. The van der Waals surface area contributed by atoms with Crippen LogP contribution in [0.3, 0.4) is 0 Å². The predicted molar refractivity (Wildman–Crippen MR) is 63.7 cm³/mol. The molecule has 6 heteroatoms. The average molecular weight is 246 g/mol. The fourth-order valence-electron chi connectivity index (χ4n) is 1.58. The molecule has 0 aliphatic heterocycles. The molecule has 0 saturated heterocycles. The van der Waals surface area contributed by atoms with E-state index in [4.69, 9.17) is 10.2 Å². The molecule has 17 heavy (non-hydrogen) atoms.